The second-order valence-corrected chi connectivity index (χ2v) is 8.34. The first-order valence-electron chi connectivity index (χ1n) is 9.48. The molecule has 3 atom stereocenters. The molecule has 2 heteroatoms. The lowest BCUT2D eigenvalue weighted by atomic mass is 9.84. The summed E-state index contributed by atoms with van der Waals surface area (Å²) in [6.07, 6.45) is 6.99. The van der Waals surface area contributed by atoms with E-state index in [0.29, 0.717) is 0 Å². The van der Waals surface area contributed by atoms with Gasteiger partial charge in [-0.15, -0.1) is 0 Å². The van der Waals surface area contributed by atoms with Crippen molar-refractivity contribution in [2.75, 3.05) is 19.6 Å². The van der Waals surface area contributed by atoms with E-state index in [4.69, 9.17) is 0 Å². The van der Waals surface area contributed by atoms with E-state index >= 15 is 0 Å². The maximum atomic E-state index is 3.86. The highest BCUT2D eigenvalue weighted by Gasteiger charge is 2.38. The number of hydrogen-bond donors (Lipinski definition) is 1. The third-order valence-electron chi connectivity index (χ3n) is 5.66. The smallest absolute Gasteiger partial charge is 0.0198 e. The lowest BCUT2D eigenvalue weighted by Crippen LogP contribution is -2.54. The van der Waals surface area contributed by atoms with Gasteiger partial charge in [-0.1, -0.05) is 34.6 Å². The van der Waals surface area contributed by atoms with Gasteiger partial charge in [0.1, 0.15) is 0 Å². The molecule has 0 spiro atoms. The zero-order chi connectivity index (χ0) is 15.4. The van der Waals surface area contributed by atoms with Crippen molar-refractivity contribution in [2.24, 2.45) is 23.7 Å². The molecule has 3 unspecified atom stereocenters. The Morgan fingerprint density at radius 3 is 2.29 bits per heavy atom. The predicted molar refractivity (Wildman–Crippen MR) is 92.6 cm³/mol. The first kappa shape index (κ1) is 17.3. The van der Waals surface area contributed by atoms with E-state index in [0.717, 1.165) is 35.8 Å². The topological polar surface area (TPSA) is 15.3 Å². The van der Waals surface area contributed by atoms with Crippen LogP contribution in [0.3, 0.4) is 0 Å². The van der Waals surface area contributed by atoms with E-state index in [2.05, 4.69) is 44.8 Å². The molecule has 1 heterocycles. The molecule has 1 saturated heterocycles. The van der Waals surface area contributed by atoms with E-state index in [1.165, 1.54) is 51.7 Å². The highest BCUT2D eigenvalue weighted by molar-refractivity contribution is 4.93. The van der Waals surface area contributed by atoms with Gasteiger partial charge in [0.25, 0.3) is 0 Å². The maximum Gasteiger partial charge on any atom is 0.0198 e. The van der Waals surface area contributed by atoms with Crippen LogP contribution in [0.2, 0.25) is 0 Å². The summed E-state index contributed by atoms with van der Waals surface area (Å²) in [5, 5.41) is 3.86. The normalized spacial score (nSPS) is 29.3. The van der Waals surface area contributed by atoms with Gasteiger partial charge in [-0.2, -0.15) is 0 Å². The molecular weight excluding hydrogens is 256 g/mol. The summed E-state index contributed by atoms with van der Waals surface area (Å²) in [5.74, 6) is 3.52. The number of rotatable bonds is 8. The number of piperidine rings is 1. The first-order valence-corrected chi connectivity index (χ1v) is 9.48. The molecule has 0 aromatic carbocycles. The van der Waals surface area contributed by atoms with Crippen molar-refractivity contribution in [1.82, 2.24) is 10.2 Å². The zero-order valence-corrected chi connectivity index (χ0v) is 15.1. The van der Waals surface area contributed by atoms with Crippen LogP contribution in [0.4, 0.5) is 0 Å². The lowest BCUT2D eigenvalue weighted by molar-refractivity contribution is 0.0668. The average Bonchev–Trinajstić information content (AvgIpc) is 3.23. The molecule has 1 aliphatic heterocycles. The fourth-order valence-electron chi connectivity index (χ4n) is 4.02. The van der Waals surface area contributed by atoms with Crippen LogP contribution >= 0.6 is 0 Å². The van der Waals surface area contributed by atoms with Crippen LogP contribution in [0.1, 0.15) is 66.7 Å². The second kappa shape index (κ2) is 7.97. The van der Waals surface area contributed by atoms with Gasteiger partial charge in [0.05, 0.1) is 0 Å². The van der Waals surface area contributed by atoms with E-state index in [9.17, 15) is 0 Å². The quantitative estimate of drug-likeness (QED) is 0.723. The molecule has 1 saturated carbocycles. The molecule has 21 heavy (non-hydrogen) atoms. The van der Waals surface area contributed by atoms with Crippen LogP contribution in [0, 0.1) is 23.7 Å². The SMILES string of the molecule is CCC(C1CC1)N1CC(NCCC(C)C)CC(C(C)C)C1. The van der Waals surface area contributed by atoms with Crippen LogP contribution in [-0.2, 0) is 0 Å². The van der Waals surface area contributed by atoms with Gasteiger partial charge in [-0.3, -0.25) is 4.90 Å². The summed E-state index contributed by atoms with van der Waals surface area (Å²) in [7, 11) is 0. The molecule has 1 N–H and O–H groups in total. The Bertz CT molecular complexity index is 296. The Morgan fingerprint density at radius 2 is 1.76 bits per heavy atom. The molecule has 0 radical (unpaired) electrons. The van der Waals surface area contributed by atoms with E-state index in [1.807, 2.05) is 0 Å². The monoisotopic (exact) mass is 294 g/mol. The molecule has 1 aliphatic carbocycles. The number of nitrogens with zero attached hydrogens (tertiary/aromatic N) is 1. The molecule has 124 valence electrons. The van der Waals surface area contributed by atoms with Crippen molar-refractivity contribution in [3.05, 3.63) is 0 Å². The van der Waals surface area contributed by atoms with Crippen molar-refractivity contribution in [3.63, 3.8) is 0 Å². The maximum absolute atomic E-state index is 3.86. The molecule has 2 rings (SSSR count). The Hall–Kier alpha value is -0.0800. The standard InChI is InChI=1S/C19H38N2/c1-6-19(16-7-8-16)21-12-17(15(4)5)11-18(13-21)20-10-9-14(2)3/h14-20H,6-13H2,1-5H3. The zero-order valence-electron chi connectivity index (χ0n) is 15.1. The predicted octanol–water partition coefficient (Wildman–Crippen LogP) is 4.16. The van der Waals surface area contributed by atoms with Gasteiger partial charge in [0.2, 0.25) is 0 Å². The van der Waals surface area contributed by atoms with Crippen LogP contribution in [0.5, 0.6) is 0 Å². The molecular formula is C19H38N2. The summed E-state index contributed by atoms with van der Waals surface area (Å²) in [6, 6.07) is 1.58. The van der Waals surface area contributed by atoms with Crippen LogP contribution in [-0.4, -0.2) is 36.6 Å². The number of likely N-dealkylation sites (tertiary alicyclic amines) is 1. The van der Waals surface area contributed by atoms with Crippen LogP contribution < -0.4 is 5.32 Å². The van der Waals surface area contributed by atoms with Crippen molar-refractivity contribution in [3.8, 4) is 0 Å². The molecule has 0 aromatic rings. The number of nitrogens with one attached hydrogen (secondary N) is 1. The minimum atomic E-state index is 0.720. The molecule has 0 bridgehead atoms. The Kier molecular flexibility index (Phi) is 6.55. The van der Waals surface area contributed by atoms with Gasteiger partial charge in [0, 0.05) is 25.2 Å². The summed E-state index contributed by atoms with van der Waals surface area (Å²) in [5.41, 5.74) is 0. The van der Waals surface area contributed by atoms with Crippen molar-refractivity contribution in [1.29, 1.82) is 0 Å². The van der Waals surface area contributed by atoms with Gasteiger partial charge in [0.15, 0.2) is 0 Å². The fourth-order valence-corrected chi connectivity index (χ4v) is 4.02. The highest BCUT2D eigenvalue weighted by atomic mass is 15.2. The Balaban J connectivity index is 1.90. The summed E-state index contributed by atoms with van der Waals surface area (Å²) in [4.78, 5) is 2.85. The molecule has 2 aliphatic rings. The minimum Gasteiger partial charge on any atom is -0.313 e. The minimum absolute atomic E-state index is 0.720. The third-order valence-corrected chi connectivity index (χ3v) is 5.66. The van der Waals surface area contributed by atoms with E-state index in [-0.39, 0.29) is 0 Å². The Labute approximate surface area is 133 Å². The second-order valence-electron chi connectivity index (χ2n) is 8.34. The Morgan fingerprint density at radius 1 is 1.05 bits per heavy atom. The van der Waals surface area contributed by atoms with E-state index in [1.54, 1.807) is 0 Å². The largest absolute Gasteiger partial charge is 0.313 e. The van der Waals surface area contributed by atoms with Crippen LogP contribution in [0.25, 0.3) is 0 Å². The first-order chi connectivity index (χ1) is 10.0. The number of hydrogen-bond acceptors (Lipinski definition) is 2. The highest BCUT2D eigenvalue weighted by Crippen LogP contribution is 2.39. The lowest BCUT2D eigenvalue weighted by Gasteiger charge is -2.44. The van der Waals surface area contributed by atoms with Gasteiger partial charge >= 0.3 is 0 Å². The van der Waals surface area contributed by atoms with E-state index < -0.39 is 0 Å². The molecule has 0 amide bonds. The van der Waals surface area contributed by atoms with Crippen molar-refractivity contribution < 1.29 is 0 Å². The van der Waals surface area contributed by atoms with Crippen molar-refractivity contribution >= 4 is 0 Å². The van der Waals surface area contributed by atoms with Gasteiger partial charge < -0.3 is 5.32 Å². The summed E-state index contributed by atoms with van der Waals surface area (Å²) >= 11 is 0. The van der Waals surface area contributed by atoms with Gasteiger partial charge in [-0.25, -0.2) is 0 Å². The van der Waals surface area contributed by atoms with Crippen molar-refractivity contribution in [2.45, 2.75) is 78.8 Å². The fraction of sp³-hybridized carbons (Fsp3) is 1.00. The average molecular weight is 295 g/mol. The molecule has 2 fully saturated rings. The summed E-state index contributed by atoms with van der Waals surface area (Å²) < 4.78 is 0. The molecule has 0 aromatic heterocycles. The van der Waals surface area contributed by atoms with Gasteiger partial charge in [-0.05, 0) is 62.3 Å². The van der Waals surface area contributed by atoms with Crippen LogP contribution in [0.15, 0.2) is 0 Å². The summed E-state index contributed by atoms with van der Waals surface area (Å²) in [6.45, 7) is 15.7. The molecule has 2 nitrogen and oxygen atoms in total. The third kappa shape index (κ3) is 5.25.